The number of nitrogens with one attached hydrogen (secondary N) is 1. The maximum atomic E-state index is 12.4. The molecule has 0 fully saturated rings. The van der Waals surface area contributed by atoms with E-state index in [1.165, 1.54) is 321 Å². The Balaban J connectivity index is 3.33. The molecule has 0 aliphatic heterocycles. The Morgan fingerprint density at radius 3 is 0.939 bits per heavy atom. The summed E-state index contributed by atoms with van der Waals surface area (Å²) in [4.78, 5) is 24.5. The van der Waals surface area contributed by atoms with Crippen LogP contribution in [0.15, 0.2) is 48.6 Å². The van der Waals surface area contributed by atoms with E-state index < -0.39 is 12.1 Å². The Morgan fingerprint density at radius 2 is 0.610 bits per heavy atom. The van der Waals surface area contributed by atoms with E-state index in [0.717, 1.165) is 51.4 Å². The highest BCUT2D eigenvalue weighted by Crippen LogP contribution is 2.18. The van der Waals surface area contributed by atoms with E-state index in [4.69, 9.17) is 4.74 Å². The largest absolute Gasteiger partial charge is 0.466 e. The van der Waals surface area contributed by atoms with E-state index in [0.29, 0.717) is 19.4 Å². The molecule has 0 bridgehead atoms. The third-order valence-corrected chi connectivity index (χ3v) is 17.1. The first kappa shape index (κ1) is 79.8. The summed E-state index contributed by atoms with van der Waals surface area (Å²) in [5, 5.41) is 23.0. The number of aliphatic hydroxyl groups is 2. The summed E-state index contributed by atoms with van der Waals surface area (Å²) >= 11 is 0. The van der Waals surface area contributed by atoms with Gasteiger partial charge in [-0.3, -0.25) is 9.59 Å². The lowest BCUT2D eigenvalue weighted by molar-refractivity contribution is -0.143. The highest BCUT2D eigenvalue weighted by atomic mass is 16.5. The molecule has 0 aliphatic rings. The van der Waals surface area contributed by atoms with Gasteiger partial charge < -0.3 is 20.3 Å². The molecule has 0 heterocycles. The molecule has 0 aromatic carbocycles. The Morgan fingerprint density at radius 1 is 0.341 bits per heavy atom. The number of rotatable bonds is 69. The highest BCUT2D eigenvalue weighted by Gasteiger charge is 2.18. The molecular weight excluding hydrogens is 1010 g/mol. The summed E-state index contributed by atoms with van der Waals surface area (Å²) in [6, 6.07) is -0.624. The maximum absolute atomic E-state index is 12.4. The third-order valence-electron chi connectivity index (χ3n) is 17.1. The lowest BCUT2D eigenvalue weighted by atomic mass is 10.0. The number of hydrogen-bond acceptors (Lipinski definition) is 5. The highest BCUT2D eigenvalue weighted by molar-refractivity contribution is 5.76. The molecule has 0 aromatic heterocycles. The molecule has 0 aliphatic carbocycles. The van der Waals surface area contributed by atoms with E-state index >= 15 is 0 Å². The predicted molar refractivity (Wildman–Crippen MR) is 361 cm³/mol. The van der Waals surface area contributed by atoms with Crippen molar-refractivity contribution in [2.45, 2.75) is 411 Å². The molecule has 0 spiro atoms. The van der Waals surface area contributed by atoms with Crippen LogP contribution in [0, 0.1) is 0 Å². The molecule has 6 nitrogen and oxygen atoms in total. The summed E-state index contributed by atoms with van der Waals surface area (Å²) in [6.45, 7) is 4.89. The van der Waals surface area contributed by atoms with Gasteiger partial charge in [0, 0.05) is 12.8 Å². The van der Waals surface area contributed by atoms with E-state index in [1.54, 1.807) is 6.08 Å². The minimum atomic E-state index is -0.840. The maximum Gasteiger partial charge on any atom is 0.305 e. The van der Waals surface area contributed by atoms with E-state index in [2.05, 4.69) is 55.6 Å². The molecule has 0 saturated carbocycles. The molecule has 82 heavy (non-hydrogen) atoms. The lowest BCUT2D eigenvalue weighted by Gasteiger charge is -2.20. The second-order valence-corrected chi connectivity index (χ2v) is 25.3. The lowest BCUT2D eigenvalue weighted by Crippen LogP contribution is -2.45. The zero-order valence-electron chi connectivity index (χ0n) is 55.2. The van der Waals surface area contributed by atoms with Gasteiger partial charge in [0.25, 0.3) is 0 Å². The molecular formula is C76H143NO5. The van der Waals surface area contributed by atoms with Crippen LogP contribution in [-0.2, 0) is 14.3 Å². The van der Waals surface area contributed by atoms with Gasteiger partial charge in [-0.2, -0.15) is 0 Å². The van der Waals surface area contributed by atoms with Gasteiger partial charge in [0.2, 0.25) is 5.91 Å². The zero-order chi connectivity index (χ0) is 59.2. The van der Waals surface area contributed by atoms with Crippen LogP contribution >= 0.6 is 0 Å². The second-order valence-electron chi connectivity index (χ2n) is 25.3. The predicted octanol–water partition coefficient (Wildman–Crippen LogP) is 24.0. The quantitative estimate of drug-likeness (QED) is 0.0320. The number of ether oxygens (including phenoxy) is 1. The average molecular weight is 1150 g/mol. The summed E-state index contributed by atoms with van der Waals surface area (Å²) in [5.41, 5.74) is 0. The summed E-state index contributed by atoms with van der Waals surface area (Å²) in [6.07, 6.45) is 93.8. The first-order valence-corrected chi connectivity index (χ1v) is 36.9. The second kappa shape index (κ2) is 71.3. The molecule has 2 unspecified atom stereocenters. The number of carbonyl (C=O) groups excluding carboxylic acids is 2. The number of carbonyl (C=O) groups is 2. The topological polar surface area (TPSA) is 95.9 Å². The zero-order valence-corrected chi connectivity index (χ0v) is 55.2. The monoisotopic (exact) mass is 1150 g/mol. The van der Waals surface area contributed by atoms with Gasteiger partial charge >= 0.3 is 5.97 Å². The number of amides is 1. The first-order valence-electron chi connectivity index (χ1n) is 36.9. The van der Waals surface area contributed by atoms with Gasteiger partial charge in [0.1, 0.15) is 0 Å². The molecule has 1 amide bonds. The molecule has 0 saturated heterocycles. The first-order chi connectivity index (χ1) is 40.5. The fourth-order valence-corrected chi connectivity index (χ4v) is 11.4. The summed E-state index contributed by atoms with van der Waals surface area (Å²) < 4.78 is 5.51. The number of hydrogen-bond donors (Lipinski definition) is 3. The number of esters is 1. The minimum Gasteiger partial charge on any atom is -0.466 e. The molecule has 0 rings (SSSR count). The van der Waals surface area contributed by atoms with Crippen molar-refractivity contribution in [3.63, 3.8) is 0 Å². The van der Waals surface area contributed by atoms with Gasteiger partial charge in [-0.05, 0) is 89.9 Å². The van der Waals surface area contributed by atoms with Crippen molar-refractivity contribution in [3.8, 4) is 0 Å². The van der Waals surface area contributed by atoms with Crippen molar-refractivity contribution in [1.29, 1.82) is 0 Å². The van der Waals surface area contributed by atoms with Crippen molar-refractivity contribution < 1.29 is 24.5 Å². The molecule has 482 valence electrons. The van der Waals surface area contributed by atoms with Crippen molar-refractivity contribution in [3.05, 3.63) is 48.6 Å². The van der Waals surface area contributed by atoms with Crippen LogP contribution < -0.4 is 5.32 Å². The Bertz CT molecular complexity index is 1370. The van der Waals surface area contributed by atoms with E-state index in [1.807, 2.05) is 6.08 Å². The molecule has 0 aromatic rings. The molecule has 6 heteroatoms. The van der Waals surface area contributed by atoms with Crippen molar-refractivity contribution in [2.75, 3.05) is 13.2 Å². The smallest absolute Gasteiger partial charge is 0.305 e. The standard InChI is InChI=1S/C76H143NO5/c1-3-5-7-9-11-13-14-15-16-40-44-47-50-54-58-62-66-70-76(81)82-71-67-63-59-55-51-48-45-42-39-37-35-33-31-29-27-25-23-21-19-17-18-20-22-24-26-28-30-32-34-36-38-41-43-46-49-53-57-61-65-69-75(80)77-73(72-78)74(79)68-64-60-56-52-12-10-8-6-4-2/h15-18,21,23,64,68,73-74,78-79H,3-14,19-20,22,24-63,65-67,69-72H2,1-2H3,(H,77,80)/b16-15-,18-17-,23-21-,68-64+. The van der Waals surface area contributed by atoms with Crippen molar-refractivity contribution in [2.24, 2.45) is 0 Å². The summed E-state index contributed by atoms with van der Waals surface area (Å²) in [7, 11) is 0. The molecule has 3 N–H and O–H groups in total. The van der Waals surface area contributed by atoms with Gasteiger partial charge in [-0.15, -0.1) is 0 Å². The molecule has 0 radical (unpaired) electrons. The van der Waals surface area contributed by atoms with Gasteiger partial charge in [-0.1, -0.05) is 345 Å². The van der Waals surface area contributed by atoms with Crippen LogP contribution in [0.4, 0.5) is 0 Å². The van der Waals surface area contributed by atoms with E-state index in [9.17, 15) is 19.8 Å². The number of unbranched alkanes of at least 4 members (excludes halogenated alkanes) is 52. The Kier molecular flexibility index (Phi) is 69.4. The van der Waals surface area contributed by atoms with Crippen LogP contribution in [0.25, 0.3) is 0 Å². The third kappa shape index (κ3) is 67.0. The number of aliphatic hydroxyl groups excluding tert-OH is 2. The van der Waals surface area contributed by atoms with Crippen molar-refractivity contribution >= 4 is 11.9 Å². The van der Waals surface area contributed by atoms with Gasteiger partial charge in [-0.25, -0.2) is 0 Å². The SMILES string of the molecule is CCCCCCCC/C=C\CCCCCCCCCC(=O)OCCCCCCCCCCCCCCCCC/C=C\C/C=C\CCCCCCCCCCCCCCCCCCCC(=O)NC(CO)C(O)/C=C/CCCCCCCCC. The van der Waals surface area contributed by atoms with Crippen molar-refractivity contribution in [1.82, 2.24) is 5.32 Å². The minimum absolute atomic E-state index is 0.0170. The van der Waals surface area contributed by atoms with Gasteiger partial charge in [0.15, 0.2) is 0 Å². The van der Waals surface area contributed by atoms with Crippen LogP contribution in [-0.4, -0.2) is 47.4 Å². The number of allylic oxidation sites excluding steroid dienone is 7. The fraction of sp³-hybridized carbons (Fsp3) is 0.868. The summed E-state index contributed by atoms with van der Waals surface area (Å²) in [5.74, 6) is -0.0496. The normalized spacial score (nSPS) is 12.8. The van der Waals surface area contributed by atoms with E-state index in [-0.39, 0.29) is 18.5 Å². The van der Waals surface area contributed by atoms with Crippen LogP contribution in [0.2, 0.25) is 0 Å². The van der Waals surface area contributed by atoms with Crippen LogP contribution in [0.1, 0.15) is 399 Å². The Labute approximate surface area is 512 Å². The molecule has 2 atom stereocenters. The van der Waals surface area contributed by atoms with Crippen LogP contribution in [0.3, 0.4) is 0 Å². The van der Waals surface area contributed by atoms with Gasteiger partial charge in [0.05, 0.1) is 25.4 Å². The van der Waals surface area contributed by atoms with Crippen LogP contribution in [0.5, 0.6) is 0 Å². The fourth-order valence-electron chi connectivity index (χ4n) is 11.4. The Hall–Kier alpha value is -2.18. The average Bonchev–Trinajstić information content (AvgIpc) is 3.48.